The molecular formula is C10H15F2N3. The van der Waals surface area contributed by atoms with Crippen molar-refractivity contribution in [3.05, 3.63) is 17.5 Å². The number of hydrogen-bond acceptors (Lipinski definition) is 2. The van der Waals surface area contributed by atoms with Gasteiger partial charge in [0.25, 0.3) is 6.43 Å². The van der Waals surface area contributed by atoms with Crippen LogP contribution in [0.1, 0.15) is 24.4 Å². The highest BCUT2D eigenvalue weighted by atomic mass is 19.3. The van der Waals surface area contributed by atoms with Crippen molar-refractivity contribution in [3.63, 3.8) is 0 Å². The second kappa shape index (κ2) is 3.89. The first-order chi connectivity index (χ1) is 7.11. The van der Waals surface area contributed by atoms with Crippen LogP contribution in [0.15, 0.2) is 6.07 Å². The molecule has 2 rings (SSSR count). The molecule has 1 aliphatic rings. The Morgan fingerprint density at radius 2 is 2.33 bits per heavy atom. The zero-order valence-electron chi connectivity index (χ0n) is 8.95. The Balaban J connectivity index is 2.35. The second-order valence-corrected chi connectivity index (χ2v) is 4.02. The molecule has 0 aliphatic carbocycles. The summed E-state index contributed by atoms with van der Waals surface area (Å²) in [7, 11) is 1.86. The molecule has 3 nitrogen and oxygen atoms in total. The Morgan fingerprint density at radius 3 is 2.93 bits per heavy atom. The Hall–Kier alpha value is -0.970. The van der Waals surface area contributed by atoms with Crippen LogP contribution in [0, 0.1) is 0 Å². The smallest absolute Gasteiger partial charge is 0.261 e. The quantitative estimate of drug-likeness (QED) is 0.748. The third kappa shape index (κ3) is 1.88. The summed E-state index contributed by atoms with van der Waals surface area (Å²) in [6.45, 7) is 3.06. The number of fused-ring (bicyclic) bond motifs is 1. The lowest BCUT2D eigenvalue weighted by Gasteiger charge is -2.30. The van der Waals surface area contributed by atoms with Gasteiger partial charge in [-0.05, 0) is 19.5 Å². The molecule has 15 heavy (non-hydrogen) atoms. The zero-order chi connectivity index (χ0) is 11.0. The van der Waals surface area contributed by atoms with E-state index in [1.165, 1.54) is 4.68 Å². The highest BCUT2D eigenvalue weighted by Crippen LogP contribution is 2.25. The lowest BCUT2D eigenvalue weighted by Crippen LogP contribution is -2.38. The van der Waals surface area contributed by atoms with Crippen LogP contribution >= 0.6 is 0 Å². The molecule has 0 N–H and O–H groups in total. The molecule has 0 aromatic carbocycles. The summed E-state index contributed by atoms with van der Waals surface area (Å²) in [6, 6.07) is 1.13. The first-order valence-corrected chi connectivity index (χ1v) is 5.15. The van der Waals surface area contributed by atoms with Gasteiger partial charge in [0, 0.05) is 13.1 Å². The number of likely N-dealkylation sites (N-methyl/N-ethyl adjacent to an activating group) is 1. The third-order valence-corrected chi connectivity index (χ3v) is 2.76. The Kier molecular flexibility index (Phi) is 2.73. The second-order valence-electron chi connectivity index (χ2n) is 4.02. The summed E-state index contributed by atoms with van der Waals surface area (Å²) < 4.78 is 27.1. The molecule has 1 aromatic rings. The van der Waals surface area contributed by atoms with Crippen molar-refractivity contribution in [2.45, 2.75) is 32.4 Å². The Morgan fingerprint density at radius 1 is 1.60 bits per heavy atom. The molecule has 0 bridgehead atoms. The number of halogens is 2. The average molecular weight is 215 g/mol. The van der Waals surface area contributed by atoms with Crippen LogP contribution in [0.5, 0.6) is 0 Å². The molecular weight excluding hydrogens is 200 g/mol. The van der Waals surface area contributed by atoms with Gasteiger partial charge in [-0.15, -0.1) is 0 Å². The minimum atomic E-state index is -2.35. The summed E-state index contributed by atoms with van der Waals surface area (Å²) in [5.74, 6) is 0. The van der Waals surface area contributed by atoms with Gasteiger partial charge < -0.3 is 0 Å². The molecule has 1 aromatic heterocycles. The standard InChI is InChI=1S/C10H15F2N3/c1-3-7-4-8-5-14(2)6-9(10(11)12)15(8)13-7/h4,9-10H,3,5-6H2,1-2H3. The summed E-state index contributed by atoms with van der Waals surface area (Å²) >= 11 is 0. The summed E-state index contributed by atoms with van der Waals surface area (Å²) in [5, 5.41) is 4.22. The van der Waals surface area contributed by atoms with E-state index < -0.39 is 12.5 Å². The van der Waals surface area contributed by atoms with Crippen LogP contribution in [0.2, 0.25) is 0 Å². The first-order valence-electron chi connectivity index (χ1n) is 5.15. The van der Waals surface area contributed by atoms with E-state index in [1.54, 1.807) is 0 Å². The highest BCUT2D eigenvalue weighted by Gasteiger charge is 2.31. The number of hydrogen-bond donors (Lipinski definition) is 0. The van der Waals surface area contributed by atoms with Gasteiger partial charge in [0.05, 0.1) is 11.4 Å². The van der Waals surface area contributed by atoms with E-state index in [2.05, 4.69) is 5.10 Å². The monoisotopic (exact) mass is 215 g/mol. The van der Waals surface area contributed by atoms with Gasteiger partial charge in [-0.1, -0.05) is 6.92 Å². The van der Waals surface area contributed by atoms with Crippen LogP contribution in [0.3, 0.4) is 0 Å². The molecule has 0 saturated carbocycles. The molecule has 1 aliphatic heterocycles. The molecule has 0 saturated heterocycles. The van der Waals surface area contributed by atoms with Crippen molar-refractivity contribution >= 4 is 0 Å². The molecule has 0 spiro atoms. The van der Waals surface area contributed by atoms with Gasteiger partial charge in [-0.2, -0.15) is 5.10 Å². The molecule has 5 heteroatoms. The van der Waals surface area contributed by atoms with Crippen molar-refractivity contribution in [1.82, 2.24) is 14.7 Å². The van der Waals surface area contributed by atoms with E-state index in [0.717, 1.165) is 17.8 Å². The van der Waals surface area contributed by atoms with Gasteiger partial charge in [-0.25, -0.2) is 8.78 Å². The van der Waals surface area contributed by atoms with Crippen LogP contribution in [-0.2, 0) is 13.0 Å². The number of aryl methyl sites for hydroxylation is 1. The van der Waals surface area contributed by atoms with E-state index in [-0.39, 0.29) is 0 Å². The highest BCUT2D eigenvalue weighted by molar-refractivity contribution is 5.13. The fourth-order valence-corrected chi connectivity index (χ4v) is 1.99. The molecule has 84 valence electrons. The molecule has 0 fully saturated rings. The molecule has 0 radical (unpaired) electrons. The van der Waals surface area contributed by atoms with E-state index in [4.69, 9.17) is 0 Å². The minimum absolute atomic E-state index is 0.371. The maximum atomic E-state index is 12.8. The van der Waals surface area contributed by atoms with E-state index >= 15 is 0 Å². The van der Waals surface area contributed by atoms with Crippen molar-refractivity contribution in [2.75, 3.05) is 13.6 Å². The number of aromatic nitrogens is 2. The van der Waals surface area contributed by atoms with E-state index in [9.17, 15) is 8.78 Å². The zero-order valence-corrected chi connectivity index (χ0v) is 8.95. The lowest BCUT2D eigenvalue weighted by atomic mass is 10.2. The summed E-state index contributed by atoms with van der Waals surface area (Å²) in [4.78, 5) is 1.91. The summed E-state index contributed by atoms with van der Waals surface area (Å²) in [5.41, 5.74) is 1.79. The molecule has 2 heterocycles. The fraction of sp³-hybridized carbons (Fsp3) is 0.700. The molecule has 0 amide bonds. The number of alkyl halides is 2. The van der Waals surface area contributed by atoms with Gasteiger partial charge in [0.1, 0.15) is 6.04 Å². The fourth-order valence-electron chi connectivity index (χ4n) is 1.99. The topological polar surface area (TPSA) is 21.1 Å². The largest absolute Gasteiger partial charge is 0.298 e. The Labute approximate surface area is 87.7 Å². The van der Waals surface area contributed by atoms with Crippen molar-refractivity contribution in [3.8, 4) is 0 Å². The molecule has 1 unspecified atom stereocenters. The van der Waals surface area contributed by atoms with Crippen LogP contribution in [0.4, 0.5) is 8.78 Å². The van der Waals surface area contributed by atoms with Gasteiger partial charge in [-0.3, -0.25) is 9.58 Å². The van der Waals surface area contributed by atoms with Crippen molar-refractivity contribution in [2.24, 2.45) is 0 Å². The summed E-state index contributed by atoms with van der Waals surface area (Å²) in [6.07, 6.45) is -1.56. The normalized spacial score (nSPS) is 22.1. The van der Waals surface area contributed by atoms with Gasteiger partial charge >= 0.3 is 0 Å². The first kappa shape index (κ1) is 10.5. The van der Waals surface area contributed by atoms with Crippen LogP contribution < -0.4 is 0 Å². The van der Waals surface area contributed by atoms with E-state index in [0.29, 0.717) is 13.1 Å². The number of rotatable bonds is 2. The van der Waals surface area contributed by atoms with Gasteiger partial charge in [0.15, 0.2) is 0 Å². The minimum Gasteiger partial charge on any atom is -0.298 e. The maximum Gasteiger partial charge on any atom is 0.261 e. The predicted octanol–water partition coefficient (Wildman–Crippen LogP) is 1.70. The number of nitrogens with zero attached hydrogens (tertiary/aromatic N) is 3. The van der Waals surface area contributed by atoms with Crippen LogP contribution in [-0.4, -0.2) is 34.7 Å². The van der Waals surface area contributed by atoms with Crippen LogP contribution in [0.25, 0.3) is 0 Å². The SMILES string of the molecule is CCc1cc2n(n1)C(C(F)F)CN(C)C2. The van der Waals surface area contributed by atoms with Crippen molar-refractivity contribution in [1.29, 1.82) is 0 Å². The van der Waals surface area contributed by atoms with Crippen molar-refractivity contribution < 1.29 is 8.78 Å². The predicted molar refractivity (Wildman–Crippen MR) is 53.0 cm³/mol. The lowest BCUT2D eigenvalue weighted by molar-refractivity contribution is 0.0404. The molecule has 1 atom stereocenters. The third-order valence-electron chi connectivity index (χ3n) is 2.76. The van der Waals surface area contributed by atoms with Gasteiger partial charge in [0.2, 0.25) is 0 Å². The average Bonchev–Trinajstić information content (AvgIpc) is 2.58. The maximum absolute atomic E-state index is 12.8. The van der Waals surface area contributed by atoms with E-state index in [1.807, 2.05) is 24.9 Å². The Bertz CT molecular complexity index is 348.